The molecule has 4 heteroatoms. The summed E-state index contributed by atoms with van der Waals surface area (Å²) in [6.07, 6.45) is 2.26. The van der Waals surface area contributed by atoms with Gasteiger partial charge < -0.3 is 10.2 Å². The Morgan fingerprint density at radius 1 is 1.38 bits per heavy atom. The molecule has 0 aromatic heterocycles. The highest BCUT2D eigenvalue weighted by molar-refractivity contribution is 5.96. The number of hydrogen-bond donors (Lipinski definition) is 1. The quantitative estimate of drug-likeness (QED) is 0.862. The molecule has 1 aliphatic heterocycles. The third-order valence-corrected chi connectivity index (χ3v) is 3.66. The molecule has 1 heterocycles. The Morgan fingerprint density at radius 2 is 2.14 bits per heavy atom. The van der Waals surface area contributed by atoms with Gasteiger partial charge in [-0.05, 0) is 44.2 Å². The van der Waals surface area contributed by atoms with Gasteiger partial charge in [-0.15, -0.1) is 0 Å². The fourth-order valence-electron chi connectivity index (χ4n) is 2.63. The Morgan fingerprint density at radius 3 is 2.90 bits per heavy atom. The summed E-state index contributed by atoms with van der Waals surface area (Å²) < 4.78 is 0. The van der Waals surface area contributed by atoms with E-state index < -0.39 is 0 Å². The summed E-state index contributed by atoms with van der Waals surface area (Å²) in [5.41, 5.74) is 2.21. The SMILES string of the molecule is CC#CC(=O)NCCC(=O)N1c2ccccc2CCC1C. The van der Waals surface area contributed by atoms with Crippen molar-refractivity contribution in [1.29, 1.82) is 0 Å². The molecule has 0 fully saturated rings. The van der Waals surface area contributed by atoms with Crippen molar-refractivity contribution in [2.45, 2.75) is 39.2 Å². The number of fused-ring (bicyclic) bond motifs is 1. The molecule has 2 rings (SSSR count). The lowest BCUT2D eigenvalue weighted by molar-refractivity contribution is -0.119. The Labute approximate surface area is 125 Å². The van der Waals surface area contributed by atoms with E-state index in [1.165, 1.54) is 5.56 Å². The summed E-state index contributed by atoms with van der Waals surface area (Å²) in [7, 11) is 0. The third kappa shape index (κ3) is 3.63. The van der Waals surface area contributed by atoms with Gasteiger partial charge >= 0.3 is 0 Å². The van der Waals surface area contributed by atoms with Gasteiger partial charge in [0.2, 0.25) is 5.91 Å². The molecule has 0 saturated heterocycles. The van der Waals surface area contributed by atoms with Gasteiger partial charge in [-0.3, -0.25) is 9.59 Å². The fraction of sp³-hybridized carbons (Fsp3) is 0.412. The molecule has 0 aliphatic carbocycles. The van der Waals surface area contributed by atoms with Crippen molar-refractivity contribution in [2.24, 2.45) is 0 Å². The summed E-state index contributed by atoms with van der Waals surface area (Å²) in [4.78, 5) is 25.6. The number of anilines is 1. The van der Waals surface area contributed by atoms with Crippen LogP contribution in [0.25, 0.3) is 0 Å². The first-order valence-electron chi connectivity index (χ1n) is 7.24. The molecule has 1 aromatic rings. The second-order valence-electron chi connectivity index (χ2n) is 5.16. The monoisotopic (exact) mass is 284 g/mol. The molecule has 21 heavy (non-hydrogen) atoms. The third-order valence-electron chi connectivity index (χ3n) is 3.66. The van der Waals surface area contributed by atoms with Gasteiger partial charge in [0.25, 0.3) is 5.91 Å². The van der Waals surface area contributed by atoms with Gasteiger partial charge in [0.05, 0.1) is 0 Å². The minimum atomic E-state index is -0.336. The molecule has 1 aliphatic rings. The van der Waals surface area contributed by atoms with Crippen LogP contribution in [0.2, 0.25) is 0 Å². The van der Waals surface area contributed by atoms with Crippen LogP contribution >= 0.6 is 0 Å². The lowest BCUT2D eigenvalue weighted by Crippen LogP contribution is -2.43. The maximum Gasteiger partial charge on any atom is 0.295 e. The van der Waals surface area contributed by atoms with Crippen LogP contribution in [0, 0.1) is 11.8 Å². The van der Waals surface area contributed by atoms with Crippen molar-refractivity contribution in [1.82, 2.24) is 5.32 Å². The van der Waals surface area contributed by atoms with Gasteiger partial charge in [0.1, 0.15) is 0 Å². The zero-order chi connectivity index (χ0) is 15.2. The van der Waals surface area contributed by atoms with E-state index in [4.69, 9.17) is 0 Å². The molecule has 1 atom stereocenters. The summed E-state index contributed by atoms with van der Waals surface area (Å²) in [5.74, 6) is 4.64. The Bertz CT molecular complexity index is 598. The largest absolute Gasteiger partial charge is 0.345 e. The first-order chi connectivity index (χ1) is 10.1. The molecule has 0 radical (unpaired) electrons. The number of nitrogens with zero attached hydrogens (tertiary/aromatic N) is 1. The number of hydrogen-bond acceptors (Lipinski definition) is 2. The Balaban J connectivity index is 2.01. The molecular weight excluding hydrogens is 264 g/mol. The number of benzene rings is 1. The smallest absolute Gasteiger partial charge is 0.295 e. The van der Waals surface area contributed by atoms with Crippen LogP contribution in [0.4, 0.5) is 5.69 Å². The molecule has 4 nitrogen and oxygen atoms in total. The van der Waals surface area contributed by atoms with E-state index >= 15 is 0 Å². The number of carbonyl (C=O) groups is 2. The summed E-state index contributed by atoms with van der Waals surface area (Å²) in [6.45, 7) is 3.99. The van der Waals surface area contributed by atoms with Crippen molar-refractivity contribution in [3.8, 4) is 11.8 Å². The highest BCUT2D eigenvalue weighted by Crippen LogP contribution is 2.30. The second-order valence-corrected chi connectivity index (χ2v) is 5.16. The van der Waals surface area contributed by atoms with Crippen molar-refractivity contribution in [2.75, 3.05) is 11.4 Å². The maximum absolute atomic E-state index is 12.4. The molecule has 0 saturated carbocycles. The van der Waals surface area contributed by atoms with Crippen molar-refractivity contribution >= 4 is 17.5 Å². The molecule has 0 spiro atoms. The zero-order valence-corrected chi connectivity index (χ0v) is 12.5. The number of carbonyl (C=O) groups excluding carboxylic acids is 2. The summed E-state index contributed by atoms with van der Waals surface area (Å²) >= 11 is 0. The Kier molecular flexibility index (Phi) is 4.99. The lowest BCUT2D eigenvalue weighted by Gasteiger charge is -2.35. The molecule has 110 valence electrons. The zero-order valence-electron chi connectivity index (χ0n) is 12.5. The number of aryl methyl sites for hydroxylation is 1. The molecule has 1 N–H and O–H groups in total. The van der Waals surface area contributed by atoms with E-state index in [1.54, 1.807) is 6.92 Å². The number of para-hydroxylation sites is 1. The summed E-state index contributed by atoms with van der Waals surface area (Å²) in [5, 5.41) is 2.63. The van der Waals surface area contributed by atoms with Crippen molar-refractivity contribution in [3.63, 3.8) is 0 Å². The van der Waals surface area contributed by atoms with Gasteiger partial charge in [-0.1, -0.05) is 24.1 Å². The lowest BCUT2D eigenvalue weighted by atomic mass is 9.96. The first-order valence-corrected chi connectivity index (χ1v) is 7.24. The topological polar surface area (TPSA) is 49.4 Å². The van der Waals surface area contributed by atoms with Crippen LogP contribution in [0.1, 0.15) is 32.3 Å². The molecular formula is C17H20N2O2. The minimum absolute atomic E-state index is 0.0411. The van der Waals surface area contributed by atoms with Crippen LogP contribution in [-0.4, -0.2) is 24.4 Å². The molecule has 2 amide bonds. The Hall–Kier alpha value is -2.28. The van der Waals surface area contributed by atoms with Crippen molar-refractivity contribution in [3.05, 3.63) is 29.8 Å². The minimum Gasteiger partial charge on any atom is -0.345 e. The average Bonchev–Trinajstić information content (AvgIpc) is 2.47. The molecule has 1 aromatic carbocycles. The van der Waals surface area contributed by atoms with Crippen LogP contribution < -0.4 is 10.2 Å². The molecule has 1 unspecified atom stereocenters. The second kappa shape index (κ2) is 6.94. The predicted octanol–water partition coefficient (Wildman–Crippen LogP) is 1.88. The van der Waals surface area contributed by atoms with E-state index in [0.717, 1.165) is 18.5 Å². The van der Waals surface area contributed by atoms with Gasteiger partial charge in [-0.2, -0.15) is 0 Å². The van der Waals surface area contributed by atoms with Crippen LogP contribution in [0.3, 0.4) is 0 Å². The van der Waals surface area contributed by atoms with E-state index in [1.807, 2.05) is 23.1 Å². The highest BCUT2D eigenvalue weighted by Gasteiger charge is 2.27. The van der Waals surface area contributed by atoms with E-state index in [2.05, 4.69) is 30.1 Å². The van der Waals surface area contributed by atoms with E-state index in [-0.39, 0.29) is 24.3 Å². The highest BCUT2D eigenvalue weighted by atomic mass is 16.2. The van der Waals surface area contributed by atoms with Crippen LogP contribution in [0.5, 0.6) is 0 Å². The number of rotatable bonds is 3. The van der Waals surface area contributed by atoms with Gasteiger partial charge in [-0.25, -0.2) is 0 Å². The maximum atomic E-state index is 12.4. The van der Waals surface area contributed by atoms with Gasteiger partial charge in [0, 0.05) is 24.7 Å². The van der Waals surface area contributed by atoms with Crippen molar-refractivity contribution < 1.29 is 9.59 Å². The molecule has 0 bridgehead atoms. The van der Waals surface area contributed by atoms with Gasteiger partial charge in [0.15, 0.2) is 0 Å². The van der Waals surface area contributed by atoms with Crippen LogP contribution in [-0.2, 0) is 16.0 Å². The van der Waals surface area contributed by atoms with E-state index in [9.17, 15) is 9.59 Å². The summed E-state index contributed by atoms with van der Waals surface area (Å²) in [6, 6.07) is 8.21. The predicted molar refractivity (Wildman–Crippen MR) is 82.8 cm³/mol. The normalized spacial score (nSPS) is 16.5. The first kappa shape index (κ1) is 15.1. The fourth-order valence-corrected chi connectivity index (χ4v) is 2.63. The number of amides is 2. The standard InChI is InChI=1S/C17H20N2O2/c1-3-6-16(20)18-12-11-17(21)19-13(2)9-10-14-7-4-5-8-15(14)19/h4-5,7-8,13H,9-12H2,1-2H3,(H,18,20). The van der Waals surface area contributed by atoms with E-state index in [0.29, 0.717) is 6.54 Å². The average molecular weight is 284 g/mol. The number of nitrogens with one attached hydrogen (secondary N) is 1. The van der Waals surface area contributed by atoms with Crippen LogP contribution in [0.15, 0.2) is 24.3 Å².